The molecule has 2 heterocycles. The maximum absolute atomic E-state index is 5.98. The lowest BCUT2D eigenvalue weighted by Crippen LogP contribution is -2.46. The number of benzene rings is 1. The number of anilines is 1. The average Bonchev–Trinajstić information content (AvgIpc) is 2.56. The smallest absolute Gasteiger partial charge is 0.159 e. The Morgan fingerprint density at radius 1 is 1.19 bits per heavy atom. The summed E-state index contributed by atoms with van der Waals surface area (Å²) in [4.78, 5) is 2.36. The largest absolute Gasteiger partial charge is 0.355 e. The molecule has 0 amide bonds. The molecular weight excluding hydrogens is 280 g/mol. The van der Waals surface area contributed by atoms with Crippen molar-refractivity contribution in [1.82, 2.24) is 10.2 Å². The highest BCUT2D eigenvalue weighted by Gasteiger charge is 2.33. The molecule has 3 rings (SSSR count). The minimum absolute atomic E-state index is 0.241. The van der Waals surface area contributed by atoms with Crippen molar-refractivity contribution < 1.29 is 0 Å². The molecule has 1 fully saturated rings. The summed E-state index contributed by atoms with van der Waals surface area (Å²) in [7, 11) is 0. The zero-order chi connectivity index (χ0) is 14.9. The number of fused-ring (bicyclic) bond motifs is 1. The van der Waals surface area contributed by atoms with Crippen LogP contribution in [0.2, 0.25) is 0 Å². The SMILES string of the molecule is CSC1(CN)CCN(c2nnc(C)c3ccccc23)CC1. The number of hydrogen-bond acceptors (Lipinski definition) is 5. The first-order valence-electron chi connectivity index (χ1n) is 7.41. The number of thioether (sulfide) groups is 1. The van der Waals surface area contributed by atoms with Gasteiger partial charge in [0.1, 0.15) is 0 Å². The van der Waals surface area contributed by atoms with E-state index in [1.54, 1.807) is 0 Å². The summed E-state index contributed by atoms with van der Waals surface area (Å²) >= 11 is 1.91. The van der Waals surface area contributed by atoms with E-state index in [2.05, 4.69) is 45.6 Å². The van der Waals surface area contributed by atoms with E-state index in [1.165, 1.54) is 10.8 Å². The molecule has 1 aliphatic heterocycles. The van der Waals surface area contributed by atoms with Crippen molar-refractivity contribution in [2.24, 2.45) is 5.73 Å². The van der Waals surface area contributed by atoms with Gasteiger partial charge in [0.25, 0.3) is 0 Å². The Bertz CT molecular complexity index is 629. The lowest BCUT2D eigenvalue weighted by molar-refractivity contribution is 0.455. The molecule has 1 aromatic carbocycles. The first-order valence-corrected chi connectivity index (χ1v) is 8.64. The molecule has 112 valence electrons. The molecule has 21 heavy (non-hydrogen) atoms. The van der Waals surface area contributed by atoms with Crippen molar-refractivity contribution in [3.63, 3.8) is 0 Å². The minimum atomic E-state index is 0.241. The number of aromatic nitrogens is 2. The van der Waals surface area contributed by atoms with Crippen LogP contribution in [-0.2, 0) is 0 Å². The molecule has 4 nitrogen and oxygen atoms in total. The topological polar surface area (TPSA) is 55.0 Å². The van der Waals surface area contributed by atoms with Crippen LogP contribution in [0.4, 0.5) is 5.82 Å². The molecule has 1 aliphatic rings. The Morgan fingerprint density at radius 2 is 1.86 bits per heavy atom. The van der Waals surface area contributed by atoms with E-state index in [0.29, 0.717) is 0 Å². The summed E-state index contributed by atoms with van der Waals surface area (Å²) in [5.41, 5.74) is 6.97. The van der Waals surface area contributed by atoms with E-state index in [4.69, 9.17) is 5.73 Å². The van der Waals surface area contributed by atoms with Crippen LogP contribution in [0.1, 0.15) is 18.5 Å². The molecule has 0 aliphatic carbocycles. The van der Waals surface area contributed by atoms with Crippen LogP contribution in [0.25, 0.3) is 10.8 Å². The maximum Gasteiger partial charge on any atom is 0.159 e. The standard InChI is InChI=1S/C16H22N4S/c1-12-13-5-3-4-6-14(13)15(19-18-12)20-9-7-16(11-17,21-2)8-10-20/h3-6H,7-11,17H2,1-2H3. The van der Waals surface area contributed by atoms with Gasteiger partial charge in [0.2, 0.25) is 0 Å². The van der Waals surface area contributed by atoms with Crippen LogP contribution in [0.3, 0.4) is 0 Å². The van der Waals surface area contributed by atoms with E-state index < -0.39 is 0 Å². The average molecular weight is 302 g/mol. The second-order valence-electron chi connectivity index (χ2n) is 5.73. The summed E-state index contributed by atoms with van der Waals surface area (Å²) in [6, 6.07) is 8.40. The van der Waals surface area contributed by atoms with Gasteiger partial charge in [0.05, 0.1) is 5.69 Å². The number of piperidine rings is 1. The molecule has 1 saturated heterocycles. The molecule has 5 heteroatoms. The quantitative estimate of drug-likeness (QED) is 0.944. The van der Waals surface area contributed by atoms with Crippen LogP contribution < -0.4 is 10.6 Å². The maximum atomic E-state index is 5.98. The van der Waals surface area contributed by atoms with Gasteiger partial charge in [-0.2, -0.15) is 16.9 Å². The number of nitrogens with two attached hydrogens (primary N) is 1. The zero-order valence-corrected chi connectivity index (χ0v) is 13.5. The Kier molecular flexibility index (Phi) is 4.04. The number of aryl methyl sites for hydroxylation is 1. The molecule has 1 aromatic heterocycles. The number of nitrogens with zero attached hydrogens (tertiary/aromatic N) is 3. The highest BCUT2D eigenvalue weighted by molar-refractivity contribution is 8.00. The first-order chi connectivity index (χ1) is 10.2. The van der Waals surface area contributed by atoms with Gasteiger partial charge in [-0.15, -0.1) is 5.10 Å². The predicted molar refractivity (Wildman–Crippen MR) is 91.0 cm³/mol. The highest BCUT2D eigenvalue weighted by atomic mass is 32.2. The Labute approximate surface area is 130 Å². The summed E-state index contributed by atoms with van der Waals surface area (Å²) in [6.45, 7) is 4.77. The second kappa shape index (κ2) is 5.81. The van der Waals surface area contributed by atoms with Gasteiger partial charge < -0.3 is 10.6 Å². The molecule has 0 spiro atoms. The van der Waals surface area contributed by atoms with Gasteiger partial charge in [-0.3, -0.25) is 0 Å². The summed E-state index contributed by atoms with van der Waals surface area (Å²) in [6.07, 6.45) is 4.38. The molecular formula is C16H22N4S. The van der Waals surface area contributed by atoms with Gasteiger partial charge in [0, 0.05) is 35.2 Å². The Hall–Kier alpha value is -1.33. The van der Waals surface area contributed by atoms with Crippen molar-refractivity contribution in [3.05, 3.63) is 30.0 Å². The van der Waals surface area contributed by atoms with Crippen LogP contribution in [0.5, 0.6) is 0 Å². The van der Waals surface area contributed by atoms with E-state index in [9.17, 15) is 0 Å². The van der Waals surface area contributed by atoms with E-state index in [-0.39, 0.29) is 4.75 Å². The van der Waals surface area contributed by atoms with E-state index in [1.807, 2.05) is 18.7 Å². The van der Waals surface area contributed by atoms with Crippen molar-refractivity contribution in [3.8, 4) is 0 Å². The van der Waals surface area contributed by atoms with Crippen molar-refractivity contribution in [1.29, 1.82) is 0 Å². The van der Waals surface area contributed by atoms with Crippen LogP contribution in [0, 0.1) is 6.92 Å². The molecule has 2 aromatic rings. The number of hydrogen-bond donors (Lipinski definition) is 1. The predicted octanol–water partition coefficient (Wildman–Crippen LogP) is 2.60. The molecule has 0 saturated carbocycles. The van der Waals surface area contributed by atoms with Gasteiger partial charge in [-0.1, -0.05) is 24.3 Å². The van der Waals surface area contributed by atoms with Crippen LogP contribution in [0.15, 0.2) is 24.3 Å². The van der Waals surface area contributed by atoms with Gasteiger partial charge in [0.15, 0.2) is 5.82 Å². The summed E-state index contributed by atoms with van der Waals surface area (Å²) < 4.78 is 0.241. The van der Waals surface area contributed by atoms with E-state index >= 15 is 0 Å². The third kappa shape index (κ3) is 2.60. The highest BCUT2D eigenvalue weighted by Crippen LogP contribution is 2.36. The lowest BCUT2D eigenvalue weighted by Gasteiger charge is -2.40. The van der Waals surface area contributed by atoms with Crippen molar-refractivity contribution in [2.45, 2.75) is 24.5 Å². The van der Waals surface area contributed by atoms with Gasteiger partial charge in [-0.25, -0.2) is 0 Å². The Balaban J connectivity index is 1.91. The van der Waals surface area contributed by atoms with Crippen molar-refractivity contribution >= 4 is 28.4 Å². The monoisotopic (exact) mass is 302 g/mol. The van der Waals surface area contributed by atoms with Crippen LogP contribution >= 0.6 is 11.8 Å². The molecule has 2 N–H and O–H groups in total. The van der Waals surface area contributed by atoms with E-state index in [0.717, 1.165) is 44.0 Å². The molecule has 0 bridgehead atoms. The zero-order valence-electron chi connectivity index (χ0n) is 12.7. The molecule has 0 atom stereocenters. The van der Waals surface area contributed by atoms with Crippen molar-refractivity contribution in [2.75, 3.05) is 30.8 Å². The number of rotatable bonds is 3. The summed E-state index contributed by atoms with van der Waals surface area (Å²) in [5.74, 6) is 1.02. The van der Waals surface area contributed by atoms with Gasteiger partial charge in [-0.05, 0) is 26.0 Å². The fourth-order valence-electron chi connectivity index (χ4n) is 3.07. The molecule has 0 unspecified atom stereocenters. The fraction of sp³-hybridized carbons (Fsp3) is 0.500. The minimum Gasteiger partial charge on any atom is -0.355 e. The van der Waals surface area contributed by atoms with Crippen LogP contribution in [-0.4, -0.2) is 40.8 Å². The Morgan fingerprint density at radius 3 is 2.48 bits per heavy atom. The normalized spacial score (nSPS) is 18.1. The third-order valence-corrected chi connectivity index (χ3v) is 6.07. The summed E-state index contributed by atoms with van der Waals surface area (Å²) in [5, 5.41) is 11.2. The first kappa shape index (κ1) is 14.6. The lowest BCUT2D eigenvalue weighted by atomic mass is 9.95. The third-order valence-electron chi connectivity index (χ3n) is 4.63. The second-order valence-corrected chi connectivity index (χ2v) is 7.01. The fourth-order valence-corrected chi connectivity index (χ4v) is 3.83. The van der Waals surface area contributed by atoms with Gasteiger partial charge >= 0.3 is 0 Å². The molecule has 0 radical (unpaired) electrons.